The van der Waals surface area contributed by atoms with E-state index in [1.54, 1.807) is 0 Å². The predicted molar refractivity (Wildman–Crippen MR) is 84.4 cm³/mol. The van der Waals surface area contributed by atoms with Crippen molar-refractivity contribution in [3.63, 3.8) is 0 Å². The molecule has 1 heterocycles. The van der Waals surface area contributed by atoms with Crippen molar-refractivity contribution in [2.45, 2.75) is 38.6 Å². The smallest absolute Gasteiger partial charge is 0.159 e. The number of aromatic nitrogens is 2. The molecule has 3 nitrogen and oxygen atoms in total. The van der Waals surface area contributed by atoms with Gasteiger partial charge in [-0.05, 0) is 37.8 Å². The maximum Gasteiger partial charge on any atom is 0.159 e. The molecule has 0 amide bonds. The molecule has 3 rings (SSSR count). The van der Waals surface area contributed by atoms with E-state index in [9.17, 15) is 0 Å². The van der Waals surface area contributed by atoms with Crippen molar-refractivity contribution in [3.05, 3.63) is 45.7 Å². The summed E-state index contributed by atoms with van der Waals surface area (Å²) >= 11 is 3.56. The Hall–Kier alpha value is -1.26. The van der Waals surface area contributed by atoms with Crippen LogP contribution in [0.15, 0.2) is 28.9 Å². The number of nitrogens with zero attached hydrogens (tertiary/aromatic N) is 2. The van der Waals surface area contributed by atoms with Crippen molar-refractivity contribution in [2.24, 2.45) is 5.73 Å². The SMILES string of the molecule is Cc1ccc(-c2ncc3c(n2)CCCCC3N)cc1Br. The fourth-order valence-corrected chi connectivity index (χ4v) is 3.00. The topological polar surface area (TPSA) is 51.8 Å². The van der Waals surface area contributed by atoms with Crippen LogP contribution < -0.4 is 5.73 Å². The Morgan fingerprint density at radius 1 is 1.30 bits per heavy atom. The summed E-state index contributed by atoms with van der Waals surface area (Å²) in [6.45, 7) is 2.07. The van der Waals surface area contributed by atoms with Crippen molar-refractivity contribution in [1.82, 2.24) is 9.97 Å². The summed E-state index contributed by atoms with van der Waals surface area (Å²) in [4.78, 5) is 9.27. The highest BCUT2D eigenvalue weighted by Crippen LogP contribution is 2.28. The molecule has 0 fully saturated rings. The maximum absolute atomic E-state index is 6.19. The Bertz CT molecular complexity index is 640. The molecule has 1 aromatic carbocycles. The fourth-order valence-electron chi connectivity index (χ4n) is 2.62. The lowest BCUT2D eigenvalue weighted by Gasteiger charge is -2.12. The van der Waals surface area contributed by atoms with Crippen molar-refractivity contribution < 1.29 is 0 Å². The van der Waals surface area contributed by atoms with Crippen molar-refractivity contribution in [2.75, 3.05) is 0 Å². The zero-order valence-electron chi connectivity index (χ0n) is 11.6. The highest BCUT2D eigenvalue weighted by atomic mass is 79.9. The molecule has 4 heteroatoms. The molecule has 0 bridgehead atoms. The minimum Gasteiger partial charge on any atom is -0.324 e. The summed E-state index contributed by atoms with van der Waals surface area (Å²) in [5.41, 5.74) is 10.7. The van der Waals surface area contributed by atoms with Crippen molar-refractivity contribution in [1.29, 1.82) is 0 Å². The molecule has 2 N–H and O–H groups in total. The monoisotopic (exact) mass is 331 g/mol. The molecule has 0 saturated heterocycles. The first-order valence-electron chi connectivity index (χ1n) is 7.03. The zero-order chi connectivity index (χ0) is 14.1. The first-order chi connectivity index (χ1) is 9.65. The molecule has 20 heavy (non-hydrogen) atoms. The van der Waals surface area contributed by atoms with E-state index in [0.29, 0.717) is 0 Å². The predicted octanol–water partition coefficient (Wildman–Crippen LogP) is 3.94. The zero-order valence-corrected chi connectivity index (χ0v) is 13.2. The van der Waals surface area contributed by atoms with Gasteiger partial charge in [0.2, 0.25) is 0 Å². The number of hydrogen-bond donors (Lipinski definition) is 1. The van der Waals surface area contributed by atoms with Gasteiger partial charge in [0.15, 0.2) is 5.82 Å². The lowest BCUT2D eigenvalue weighted by Crippen LogP contribution is -2.12. The number of halogens is 1. The molecule has 1 aliphatic rings. The average Bonchev–Trinajstić information content (AvgIpc) is 2.63. The number of benzene rings is 1. The number of hydrogen-bond acceptors (Lipinski definition) is 3. The van der Waals surface area contributed by atoms with E-state index in [0.717, 1.165) is 46.4 Å². The van der Waals surface area contributed by atoms with E-state index >= 15 is 0 Å². The summed E-state index contributed by atoms with van der Waals surface area (Å²) in [6, 6.07) is 6.32. The van der Waals surface area contributed by atoms with Gasteiger partial charge in [0.25, 0.3) is 0 Å². The number of fused-ring (bicyclic) bond motifs is 1. The van der Waals surface area contributed by atoms with Crippen LogP contribution in [0.25, 0.3) is 11.4 Å². The van der Waals surface area contributed by atoms with Crippen LogP contribution in [0.3, 0.4) is 0 Å². The second-order valence-corrected chi connectivity index (χ2v) is 6.27. The Labute approximate surface area is 127 Å². The number of aryl methyl sites for hydroxylation is 2. The van der Waals surface area contributed by atoms with E-state index in [1.165, 1.54) is 12.0 Å². The van der Waals surface area contributed by atoms with Crippen LogP contribution in [0.2, 0.25) is 0 Å². The number of nitrogens with two attached hydrogens (primary N) is 1. The fraction of sp³-hybridized carbons (Fsp3) is 0.375. The van der Waals surface area contributed by atoms with Crippen molar-refractivity contribution in [3.8, 4) is 11.4 Å². The molecule has 1 aromatic heterocycles. The van der Waals surface area contributed by atoms with Gasteiger partial charge in [-0.25, -0.2) is 9.97 Å². The largest absolute Gasteiger partial charge is 0.324 e. The third-order valence-electron chi connectivity index (χ3n) is 3.91. The van der Waals surface area contributed by atoms with Gasteiger partial charge in [-0.3, -0.25) is 0 Å². The molecule has 0 spiro atoms. The summed E-state index contributed by atoms with van der Waals surface area (Å²) < 4.78 is 1.09. The van der Waals surface area contributed by atoms with E-state index in [4.69, 9.17) is 10.7 Å². The quantitative estimate of drug-likeness (QED) is 0.805. The van der Waals surface area contributed by atoms with Crippen LogP contribution in [-0.2, 0) is 6.42 Å². The molecule has 1 aliphatic carbocycles. The Kier molecular flexibility index (Phi) is 3.85. The first-order valence-corrected chi connectivity index (χ1v) is 7.82. The highest BCUT2D eigenvalue weighted by molar-refractivity contribution is 9.10. The minimum absolute atomic E-state index is 0.0892. The van der Waals surface area contributed by atoms with Crippen LogP contribution in [0.1, 0.15) is 42.1 Å². The lowest BCUT2D eigenvalue weighted by molar-refractivity contribution is 0.614. The molecule has 0 radical (unpaired) electrons. The van der Waals surface area contributed by atoms with Gasteiger partial charge in [-0.2, -0.15) is 0 Å². The van der Waals surface area contributed by atoms with Gasteiger partial charge < -0.3 is 5.73 Å². The minimum atomic E-state index is 0.0892. The third kappa shape index (κ3) is 2.63. The van der Waals surface area contributed by atoms with E-state index in [2.05, 4.69) is 46.0 Å². The molecule has 1 atom stereocenters. The molecule has 0 aliphatic heterocycles. The number of rotatable bonds is 1. The molecular formula is C16H18BrN3. The van der Waals surface area contributed by atoms with Crippen LogP contribution in [0.5, 0.6) is 0 Å². The molecule has 1 unspecified atom stereocenters. The molecular weight excluding hydrogens is 314 g/mol. The first kappa shape index (κ1) is 13.7. The van der Waals surface area contributed by atoms with Gasteiger partial charge in [0, 0.05) is 33.5 Å². The van der Waals surface area contributed by atoms with E-state index < -0.39 is 0 Å². The van der Waals surface area contributed by atoms with E-state index in [1.807, 2.05) is 6.20 Å². The Balaban J connectivity index is 2.03. The second-order valence-electron chi connectivity index (χ2n) is 5.41. The Morgan fingerprint density at radius 2 is 2.15 bits per heavy atom. The molecule has 2 aromatic rings. The van der Waals surface area contributed by atoms with Crippen LogP contribution in [0.4, 0.5) is 0 Å². The average molecular weight is 332 g/mol. The van der Waals surface area contributed by atoms with Crippen LogP contribution in [0, 0.1) is 6.92 Å². The van der Waals surface area contributed by atoms with Gasteiger partial charge in [-0.1, -0.05) is 34.5 Å². The summed E-state index contributed by atoms with van der Waals surface area (Å²) in [5.74, 6) is 0.790. The summed E-state index contributed by atoms with van der Waals surface area (Å²) in [5, 5.41) is 0. The van der Waals surface area contributed by atoms with E-state index in [-0.39, 0.29) is 6.04 Å². The standard InChI is InChI=1S/C16H18BrN3/c1-10-6-7-11(8-13(10)17)16-19-9-12-14(18)4-2-3-5-15(12)20-16/h6-9,14H,2-5,18H2,1H3. The van der Waals surface area contributed by atoms with Crippen LogP contribution >= 0.6 is 15.9 Å². The summed E-state index contributed by atoms with van der Waals surface area (Å²) in [7, 11) is 0. The Morgan fingerprint density at radius 3 is 2.95 bits per heavy atom. The lowest BCUT2D eigenvalue weighted by atomic mass is 10.1. The van der Waals surface area contributed by atoms with Gasteiger partial charge in [0.1, 0.15) is 0 Å². The van der Waals surface area contributed by atoms with Crippen molar-refractivity contribution >= 4 is 15.9 Å². The molecule has 0 saturated carbocycles. The van der Waals surface area contributed by atoms with Crippen LogP contribution in [-0.4, -0.2) is 9.97 Å². The van der Waals surface area contributed by atoms with Gasteiger partial charge in [0.05, 0.1) is 0 Å². The highest BCUT2D eigenvalue weighted by Gasteiger charge is 2.18. The maximum atomic E-state index is 6.19. The second kappa shape index (κ2) is 5.62. The normalized spacial score (nSPS) is 18.4. The molecule has 104 valence electrons. The van der Waals surface area contributed by atoms with Gasteiger partial charge in [-0.15, -0.1) is 0 Å². The summed E-state index contributed by atoms with van der Waals surface area (Å²) in [6.07, 6.45) is 6.29. The van der Waals surface area contributed by atoms with Gasteiger partial charge >= 0.3 is 0 Å². The third-order valence-corrected chi connectivity index (χ3v) is 4.76.